The molecule has 0 spiro atoms. The molecule has 1 rings (SSSR count). The number of hydrogen-bond acceptors (Lipinski definition) is 7. The average molecular weight is 494 g/mol. The fraction of sp³-hybridized carbons (Fsp3) is 0.500. The van der Waals surface area contributed by atoms with Gasteiger partial charge in [0.15, 0.2) is 0 Å². The maximum absolute atomic E-state index is 11.6. The first kappa shape index (κ1) is 29.4. The maximum Gasteiger partial charge on any atom is 0.323 e. The Kier molecular flexibility index (Phi) is 12.9. The van der Waals surface area contributed by atoms with E-state index in [-0.39, 0.29) is 39.1 Å². The van der Waals surface area contributed by atoms with E-state index in [1.54, 1.807) is 52.0 Å². The first-order valence-corrected chi connectivity index (χ1v) is 11.4. The van der Waals surface area contributed by atoms with Crippen molar-refractivity contribution in [1.29, 1.82) is 0 Å². The lowest BCUT2D eigenvalue weighted by atomic mass is 10.2. The fourth-order valence-electron chi connectivity index (χ4n) is 3.69. The molecule has 1 aromatic rings. The van der Waals surface area contributed by atoms with E-state index in [0.29, 0.717) is 42.9 Å². The molecule has 35 heavy (non-hydrogen) atoms. The third-order valence-corrected chi connectivity index (χ3v) is 5.12. The standard InChI is InChI=1S/C24H35N3O8/c1-3-10-26(16-23(32)33)19-8-4-5-9-20(19)27(17-24(34)35)13-12-25(15-22(30)31)11-6-7-18(2)14-21(28)29/h4-5,7-9H,3,6,10-17H2,1-2H3,(H,28,29)(H,30,31)(H,32,33)(H,34,35)/b18-7-. The highest BCUT2D eigenvalue weighted by Crippen LogP contribution is 2.29. The van der Waals surface area contributed by atoms with E-state index >= 15 is 0 Å². The highest BCUT2D eigenvalue weighted by molar-refractivity contribution is 5.81. The molecular weight excluding hydrogens is 458 g/mol. The molecule has 1 aromatic carbocycles. The number of carboxylic acids is 4. The van der Waals surface area contributed by atoms with Gasteiger partial charge in [0, 0.05) is 26.2 Å². The molecular formula is C24H35N3O8. The zero-order valence-electron chi connectivity index (χ0n) is 20.2. The van der Waals surface area contributed by atoms with Crippen LogP contribution in [0.1, 0.15) is 33.1 Å². The first-order valence-electron chi connectivity index (χ1n) is 11.4. The minimum absolute atomic E-state index is 0.0906. The van der Waals surface area contributed by atoms with Gasteiger partial charge in [-0.1, -0.05) is 30.7 Å². The lowest BCUT2D eigenvalue weighted by Crippen LogP contribution is -2.41. The number of rotatable bonds is 18. The van der Waals surface area contributed by atoms with Crippen LogP contribution in [-0.4, -0.2) is 95.0 Å². The summed E-state index contributed by atoms with van der Waals surface area (Å²) < 4.78 is 0. The van der Waals surface area contributed by atoms with E-state index in [1.165, 1.54) is 0 Å². The summed E-state index contributed by atoms with van der Waals surface area (Å²) in [7, 11) is 0. The lowest BCUT2D eigenvalue weighted by Gasteiger charge is -2.32. The number of carbonyl (C=O) groups is 4. The molecule has 0 aliphatic carbocycles. The predicted octanol–water partition coefficient (Wildman–Crippen LogP) is 2.08. The molecule has 0 fully saturated rings. The number of benzene rings is 1. The average Bonchev–Trinajstić information content (AvgIpc) is 2.74. The van der Waals surface area contributed by atoms with Gasteiger partial charge in [0.2, 0.25) is 0 Å². The highest BCUT2D eigenvalue weighted by atomic mass is 16.4. The zero-order chi connectivity index (χ0) is 26.4. The first-order chi connectivity index (χ1) is 16.5. The monoisotopic (exact) mass is 493 g/mol. The number of aliphatic carboxylic acids is 4. The number of para-hydroxylation sites is 2. The van der Waals surface area contributed by atoms with Gasteiger partial charge in [-0.05, 0) is 31.9 Å². The van der Waals surface area contributed by atoms with Crippen LogP contribution in [0.25, 0.3) is 0 Å². The topological polar surface area (TPSA) is 159 Å². The SMILES string of the molecule is CCCN(CC(=O)O)c1ccccc1N(CCN(CC/C=C(/C)CC(=O)O)CC(=O)O)CC(=O)O. The fourth-order valence-corrected chi connectivity index (χ4v) is 3.69. The quantitative estimate of drug-likeness (QED) is 0.222. The summed E-state index contributed by atoms with van der Waals surface area (Å²) in [6.45, 7) is 4.04. The molecule has 0 amide bonds. The minimum atomic E-state index is -1.07. The molecule has 0 radical (unpaired) electrons. The van der Waals surface area contributed by atoms with Crippen molar-refractivity contribution in [3.8, 4) is 0 Å². The van der Waals surface area contributed by atoms with Crippen molar-refractivity contribution in [3.63, 3.8) is 0 Å². The third-order valence-electron chi connectivity index (χ3n) is 5.12. The molecule has 0 saturated heterocycles. The van der Waals surface area contributed by atoms with Gasteiger partial charge in [-0.2, -0.15) is 0 Å². The molecule has 4 N–H and O–H groups in total. The van der Waals surface area contributed by atoms with Gasteiger partial charge < -0.3 is 30.2 Å². The molecule has 0 unspecified atom stereocenters. The molecule has 11 heteroatoms. The summed E-state index contributed by atoms with van der Waals surface area (Å²) in [5.41, 5.74) is 1.82. The van der Waals surface area contributed by atoms with Crippen LogP contribution in [0, 0.1) is 0 Å². The van der Waals surface area contributed by atoms with Crippen molar-refractivity contribution in [2.75, 3.05) is 55.6 Å². The van der Waals surface area contributed by atoms with Gasteiger partial charge in [-0.25, -0.2) is 0 Å². The summed E-state index contributed by atoms with van der Waals surface area (Å²) in [4.78, 5) is 50.1. The zero-order valence-corrected chi connectivity index (χ0v) is 20.2. The van der Waals surface area contributed by atoms with E-state index in [0.717, 1.165) is 0 Å². The van der Waals surface area contributed by atoms with Crippen molar-refractivity contribution in [2.24, 2.45) is 0 Å². The van der Waals surface area contributed by atoms with Crippen molar-refractivity contribution < 1.29 is 39.6 Å². The van der Waals surface area contributed by atoms with Crippen LogP contribution in [0.4, 0.5) is 11.4 Å². The molecule has 11 nitrogen and oxygen atoms in total. The van der Waals surface area contributed by atoms with E-state index in [9.17, 15) is 34.5 Å². The lowest BCUT2D eigenvalue weighted by molar-refractivity contribution is -0.139. The Labute approximate surface area is 204 Å². The van der Waals surface area contributed by atoms with Crippen molar-refractivity contribution in [2.45, 2.75) is 33.1 Å². The summed E-state index contributed by atoms with van der Waals surface area (Å²) in [6, 6.07) is 6.96. The van der Waals surface area contributed by atoms with Gasteiger partial charge in [0.1, 0.15) is 13.1 Å². The van der Waals surface area contributed by atoms with Crippen LogP contribution in [-0.2, 0) is 19.2 Å². The largest absolute Gasteiger partial charge is 0.481 e. The Bertz CT molecular complexity index is 903. The van der Waals surface area contributed by atoms with Crippen LogP contribution in [0.5, 0.6) is 0 Å². The number of carboxylic acid groups (broad SMARTS) is 4. The van der Waals surface area contributed by atoms with E-state index < -0.39 is 23.9 Å². The summed E-state index contributed by atoms with van der Waals surface area (Å²) in [6.07, 6.45) is 2.81. The van der Waals surface area contributed by atoms with Crippen LogP contribution < -0.4 is 9.80 Å². The third kappa shape index (κ3) is 11.9. The molecule has 0 aromatic heterocycles. The Morgan fingerprint density at radius 1 is 0.743 bits per heavy atom. The molecule has 0 aliphatic rings. The summed E-state index contributed by atoms with van der Waals surface area (Å²) in [5.74, 6) is -4.05. The van der Waals surface area contributed by atoms with Crippen molar-refractivity contribution >= 4 is 35.3 Å². The van der Waals surface area contributed by atoms with Gasteiger partial charge >= 0.3 is 23.9 Å². The van der Waals surface area contributed by atoms with Gasteiger partial charge in [0.05, 0.1) is 24.3 Å². The second-order valence-electron chi connectivity index (χ2n) is 8.20. The van der Waals surface area contributed by atoms with Crippen LogP contribution in [0.3, 0.4) is 0 Å². The smallest absolute Gasteiger partial charge is 0.323 e. The van der Waals surface area contributed by atoms with E-state index in [4.69, 9.17) is 5.11 Å². The Morgan fingerprint density at radius 2 is 1.26 bits per heavy atom. The molecule has 194 valence electrons. The Hall–Kier alpha value is -3.60. The van der Waals surface area contributed by atoms with Crippen molar-refractivity contribution in [1.82, 2.24) is 4.90 Å². The Balaban J connectivity index is 3.10. The molecule has 0 bridgehead atoms. The number of anilines is 2. The van der Waals surface area contributed by atoms with Gasteiger partial charge in [0.25, 0.3) is 0 Å². The van der Waals surface area contributed by atoms with E-state index in [2.05, 4.69) is 0 Å². The normalized spacial score (nSPS) is 11.3. The van der Waals surface area contributed by atoms with Gasteiger partial charge in [-0.15, -0.1) is 0 Å². The highest BCUT2D eigenvalue weighted by Gasteiger charge is 2.20. The second-order valence-corrected chi connectivity index (χ2v) is 8.20. The molecule has 0 atom stereocenters. The van der Waals surface area contributed by atoms with Crippen molar-refractivity contribution in [3.05, 3.63) is 35.9 Å². The van der Waals surface area contributed by atoms with Gasteiger partial charge in [-0.3, -0.25) is 24.1 Å². The maximum atomic E-state index is 11.6. The number of hydrogen-bond donors (Lipinski definition) is 4. The van der Waals surface area contributed by atoms with E-state index in [1.807, 2.05) is 6.92 Å². The summed E-state index contributed by atoms with van der Waals surface area (Å²) >= 11 is 0. The molecule has 0 aliphatic heterocycles. The van der Waals surface area contributed by atoms with Crippen LogP contribution in [0.15, 0.2) is 35.9 Å². The Morgan fingerprint density at radius 3 is 1.71 bits per heavy atom. The summed E-state index contributed by atoms with van der Waals surface area (Å²) in [5, 5.41) is 37.0. The van der Waals surface area contributed by atoms with Crippen LogP contribution >= 0.6 is 0 Å². The second kappa shape index (κ2) is 15.3. The number of nitrogens with zero attached hydrogens (tertiary/aromatic N) is 3. The molecule has 0 saturated carbocycles. The predicted molar refractivity (Wildman–Crippen MR) is 131 cm³/mol. The minimum Gasteiger partial charge on any atom is -0.481 e. The molecule has 0 heterocycles. The van der Waals surface area contributed by atoms with Crippen LogP contribution in [0.2, 0.25) is 0 Å².